The molecule has 1 aliphatic rings. The van der Waals surface area contributed by atoms with Crippen molar-refractivity contribution in [2.24, 2.45) is 0 Å². The fourth-order valence-corrected chi connectivity index (χ4v) is 3.12. The van der Waals surface area contributed by atoms with Gasteiger partial charge in [0.2, 0.25) is 5.91 Å². The zero-order valence-corrected chi connectivity index (χ0v) is 13.5. The van der Waals surface area contributed by atoms with Gasteiger partial charge < -0.3 is 10.1 Å². The van der Waals surface area contributed by atoms with Gasteiger partial charge in [0.25, 0.3) is 0 Å². The Morgan fingerprint density at radius 1 is 0.960 bits per heavy atom. The predicted octanol–water partition coefficient (Wildman–Crippen LogP) is 4.39. The van der Waals surface area contributed by atoms with Gasteiger partial charge in [0, 0.05) is 18.9 Å². The normalized spacial score (nSPS) is 17.1. The van der Waals surface area contributed by atoms with Gasteiger partial charge in [0.1, 0.15) is 0 Å². The van der Waals surface area contributed by atoms with Crippen molar-refractivity contribution < 1.29 is 22.7 Å². The Labute approximate surface area is 143 Å². The van der Waals surface area contributed by atoms with Crippen LogP contribution in [0, 0.1) is 0 Å². The Hall–Kier alpha value is -2.34. The summed E-state index contributed by atoms with van der Waals surface area (Å²) in [5.74, 6) is -0.221. The molecule has 3 rings (SSSR count). The summed E-state index contributed by atoms with van der Waals surface area (Å²) < 4.78 is 43.4. The van der Waals surface area contributed by atoms with Gasteiger partial charge in [-0.3, -0.25) is 4.79 Å². The lowest BCUT2D eigenvalue weighted by Crippen LogP contribution is -2.44. The molecular weight excluding hydrogens is 331 g/mol. The highest BCUT2D eigenvalue weighted by molar-refractivity contribution is 5.99. The minimum absolute atomic E-state index is 0.221. The highest BCUT2D eigenvalue weighted by atomic mass is 19.4. The zero-order valence-electron chi connectivity index (χ0n) is 13.5. The maximum Gasteiger partial charge on any atom is 0.416 e. The second-order valence-corrected chi connectivity index (χ2v) is 6.09. The van der Waals surface area contributed by atoms with E-state index < -0.39 is 17.2 Å². The van der Waals surface area contributed by atoms with Gasteiger partial charge in [-0.2, -0.15) is 13.2 Å². The molecule has 0 atom stereocenters. The predicted molar refractivity (Wildman–Crippen MR) is 88.2 cm³/mol. The number of hydrogen-bond acceptors (Lipinski definition) is 2. The van der Waals surface area contributed by atoms with Crippen LogP contribution >= 0.6 is 0 Å². The quantitative estimate of drug-likeness (QED) is 0.892. The standard InChI is InChI=1S/C19H18F3NO2/c20-19(21,22)15-6-8-16(9-7-15)23-17(24)18(10-12-25-13-11-18)14-4-2-1-3-5-14/h1-9H,10-13H2,(H,23,24). The van der Waals surface area contributed by atoms with Gasteiger partial charge in [0.15, 0.2) is 0 Å². The van der Waals surface area contributed by atoms with Crippen LogP contribution in [-0.4, -0.2) is 19.1 Å². The van der Waals surface area contributed by atoms with Crippen molar-refractivity contribution >= 4 is 11.6 Å². The van der Waals surface area contributed by atoms with Crippen LogP contribution < -0.4 is 5.32 Å². The lowest BCUT2D eigenvalue weighted by molar-refractivity contribution is -0.137. The Morgan fingerprint density at radius 3 is 2.12 bits per heavy atom. The lowest BCUT2D eigenvalue weighted by Gasteiger charge is -2.36. The number of ether oxygens (including phenoxy) is 1. The van der Waals surface area contributed by atoms with Gasteiger partial charge in [0.05, 0.1) is 11.0 Å². The molecule has 1 heterocycles. The van der Waals surface area contributed by atoms with Crippen molar-refractivity contribution in [2.45, 2.75) is 24.4 Å². The summed E-state index contributed by atoms with van der Waals surface area (Å²) in [5, 5.41) is 2.77. The number of anilines is 1. The Balaban J connectivity index is 1.84. The molecule has 0 aliphatic carbocycles. The van der Waals surface area contributed by atoms with Crippen LogP contribution in [0.1, 0.15) is 24.0 Å². The van der Waals surface area contributed by atoms with E-state index in [-0.39, 0.29) is 5.91 Å². The van der Waals surface area contributed by atoms with Gasteiger partial charge in [-0.15, -0.1) is 0 Å². The van der Waals surface area contributed by atoms with Crippen molar-refractivity contribution in [3.63, 3.8) is 0 Å². The number of halogens is 3. The maximum atomic E-state index is 13.0. The first kappa shape index (κ1) is 17.5. The second-order valence-electron chi connectivity index (χ2n) is 6.09. The van der Waals surface area contributed by atoms with Crippen LogP contribution in [0.15, 0.2) is 54.6 Å². The SMILES string of the molecule is O=C(Nc1ccc(C(F)(F)F)cc1)C1(c2ccccc2)CCOCC1. The van der Waals surface area contributed by atoms with E-state index in [0.717, 1.165) is 17.7 Å². The highest BCUT2D eigenvalue weighted by Gasteiger charge is 2.41. The molecule has 0 unspecified atom stereocenters. The summed E-state index contributed by atoms with van der Waals surface area (Å²) in [6.07, 6.45) is -3.33. The molecule has 1 aliphatic heterocycles. The number of nitrogens with one attached hydrogen (secondary N) is 1. The van der Waals surface area contributed by atoms with Gasteiger partial charge in [-0.1, -0.05) is 30.3 Å². The molecule has 1 amide bonds. The number of carbonyl (C=O) groups excluding carboxylic acids is 1. The summed E-state index contributed by atoms with van der Waals surface area (Å²) >= 11 is 0. The number of rotatable bonds is 3. The molecule has 132 valence electrons. The summed E-state index contributed by atoms with van der Waals surface area (Å²) in [6, 6.07) is 13.9. The fraction of sp³-hybridized carbons (Fsp3) is 0.316. The molecule has 25 heavy (non-hydrogen) atoms. The molecule has 2 aromatic rings. The topological polar surface area (TPSA) is 38.3 Å². The van der Waals surface area contributed by atoms with Gasteiger partial charge in [-0.25, -0.2) is 0 Å². The molecule has 3 nitrogen and oxygen atoms in total. The van der Waals surface area contributed by atoms with Crippen LogP contribution in [0.2, 0.25) is 0 Å². The number of carbonyl (C=O) groups is 1. The average Bonchev–Trinajstić information content (AvgIpc) is 2.62. The van der Waals surface area contributed by atoms with E-state index in [9.17, 15) is 18.0 Å². The number of hydrogen-bond donors (Lipinski definition) is 1. The van der Waals surface area contributed by atoms with Crippen molar-refractivity contribution in [1.82, 2.24) is 0 Å². The molecule has 0 spiro atoms. The molecule has 1 N–H and O–H groups in total. The van der Waals surface area contributed by atoms with E-state index >= 15 is 0 Å². The van der Waals surface area contributed by atoms with Crippen molar-refractivity contribution in [1.29, 1.82) is 0 Å². The lowest BCUT2D eigenvalue weighted by atomic mass is 9.73. The molecule has 1 fully saturated rings. The molecule has 0 aromatic heterocycles. The molecular formula is C19H18F3NO2. The first-order chi connectivity index (χ1) is 11.9. The van der Waals surface area contributed by atoms with Crippen molar-refractivity contribution in [2.75, 3.05) is 18.5 Å². The summed E-state index contributed by atoms with van der Waals surface area (Å²) in [5.41, 5.74) is -0.237. The van der Waals surface area contributed by atoms with E-state index in [1.807, 2.05) is 30.3 Å². The number of benzene rings is 2. The Morgan fingerprint density at radius 2 is 1.56 bits per heavy atom. The van der Waals surface area contributed by atoms with Crippen LogP contribution in [0.25, 0.3) is 0 Å². The first-order valence-electron chi connectivity index (χ1n) is 8.04. The first-order valence-corrected chi connectivity index (χ1v) is 8.04. The van der Waals surface area contributed by atoms with Crippen molar-refractivity contribution in [3.8, 4) is 0 Å². The highest BCUT2D eigenvalue weighted by Crippen LogP contribution is 2.36. The molecule has 1 saturated heterocycles. The third-order valence-electron chi connectivity index (χ3n) is 4.58. The minimum atomic E-state index is -4.39. The average molecular weight is 349 g/mol. The van der Waals surface area contributed by atoms with E-state index in [4.69, 9.17) is 4.74 Å². The maximum absolute atomic E-state index is 13.0. The minimum Gasteiger partial charge on any atom is -0.381 e. The molecule has 2 aromatic carbocycles. The fourth-order valence-electron chi connectivity index (χ4n) is 3.12. The third kappa shape index (κ3) is 3.69. The van der Waals surface area contributed by atoms with Crippen LogP contribution in [0.4, 0.5) is 18.9 Å². The second kappa shape index (κ2) is 6.88. The number of alkyl halides is 3. The van der Waals surface area contributed by atoms with E-state index in [1.165, 1.54) is 12.1 Å². The summed E-state index contributed by atoms with van der Waals surface area (Å²) in [7, 11) is 0. The van der Waals surface area contributed by atoms with E-state index in [2.05, 4.69) is 5.32 Å². The largest absolute Gasteiger partial charge is 0.416 e. The summed E-state index contributed by atoms with van der Waals surface area (Å²) in [6.45, 7) is 0.935. The Kier molecular flexibility index (Phi) is 4.81. The molecule has 6 heteroatoms. The Bertz CT molecular complexity index is 721. The van der Waals surface area contributed by atoms with Crippen LogP contribution in [0.5, 0.6) is 0 Å². The smallest absolute Gasteiger partial charge is 0.381 e. The number of amides is 1. The van der Waals surface area contributed by atoms with Crippen LogP contribution in [-0.2, 0) is 21.1 Å². The monoisotopic (exact) mass is 349 g/mol. The molecule has 0 radical (unpaired) electrons. The summed E-state index contributed by atoms with van der Waals surface area (Å²) in [4.78, 5) is 13.0. The van der Waals surface area contributed by atoms with E-state index in [1.54, 1.807) is 0 Å². The van der Waals surface area contributed by atoms with Crippen molar-refractivity contribution in [3.05, 3.63) is 65.7 Å². The van der Waals surface area contributed by atoms with Gasteiger partial charge in [-0.05, 0) is 42.7 Å². The zero-order chi connectivity index (χ0) is 17.9. The molecule has 0 bridgehead atoms. The van der Waals surface area contributed by atoms with Crippen LogP contribution in [0.3, 0.4) is 0 Å². The third-order valence-corrected chi connectivity index (χ3v) is 4.58. The molecule has 0 saturated carbocycles. The van der Waals surface area contributed by atoms with Gasteiger partial charge >= 0.3 is 6.18 Å². The van der Waals surface area contributed by atoms with E-state index in [0.29, 0.717) is 31.7 Å².